The lowest BCUT2D eigenvalue weighted by molar-refractivity contribution is -0.125. The maximum Gasteiger partial charge on any atom is 0.251 e. The van der Waals surface area contributed by atoms with E-state index in [0.717, 1.165) is 13.1 Å². The molecule has 7 heteroatoms. The van der Waals surface area contributed by atoms with E-state index in [1.807, 2.05) is 20.9 Å². The van der Waals surface area contributed by atoms with Gasteiger partial charge in [0.05, 0.1) is 5.60 Å². The van der Waals surface area contributed by atoms with Crippen LogP contribution in [0.3, 0.4) is 0 Å². The first-order chi connectivity index (χ1) is 12.2. The van der Waals surface area contributed by atoms with E-state index >= 15 is 0 Å². The van der Waals surface area contributed by atoms with E-state index in [1.165, 1.54) is 0 Å². The molecular weight excluding hydrogens is 354 g/mol. The maximum absolute atomic E-state index is 12.6. The minimum absolute atomic E-state index is 0.0848. The summed E-state index contributed by atoms with van der Waals surface area (Å²) in [5, 5.41) is 16.7. The summed E-state index contributed by atoms with van der Waals surface area (Å²) >= 11 is 5.84. The fourth-order valence-corrected chi connectivity index (χ4v) is 3.06. The minimum Gasteiger partial charge on any atom is -0.388 e. The SMILES string of the molecule is CC(C)[C@@H](NC(=O)c1ccc(Cl)cc1)C(=O)NCC1(O)CCN(C)CC1. The van der Waals surface area contributed by atoms with Crippen molar-refractivity contribution in [3.63, 3.8) is 0 Å². The summed E-state index contributed by atoms with van der Waals surface area (Å²) < 4.78 is 0. The second-order valence-electron chi connectivity index (χ2n) is 7.45. The normalized spacial score (nSPS) is 18.4. The number of carbonyl (C=O) groups excluding carboxylic acids is 2. The summed E-state index contributed by atoms with van der Waals surface area (Å²) in [5.74, 6) is -0.693. The molecule has 1 saturated heterocycles. The number of piperidine rings is 1. The number of aliphatic hydroxyl groups is 1. The molecule has 3 N–H and O–H groups in total. The average Bonchev–Trinajstić information content (AvgIpc) is 2.60. The van der Waals surface area contributed by atoms with Crippen molar-refractivity contribution in [2.45, 2.75) is 38.3 Å². The molecule has 1 heterocycles. The molecule has 6 nitrogen and oxygen atoms in total. The number of nitrogens with zero attached hydrogens (tertiary/aromatic N) is 1. The van der Waals surface area contributed by atoms with Crippen molar-refractivity contribution >= 4 is 23.4 Å². The van der Waals surface area contributed by atoms with E-state index in [2.05, 4.69) is 15.5 Å². The fourth-order valence-electron chi connectivity index (χ4n) is 2.93. The van der Waals surface area contributed by atoms with E-state index < -0.39 is 11.6 Å². The Morgan fingerprint density at radius 2 is 1.81 bits per heavy atom. The van der Waals surface area contributed by atoms with Gasteiger partial charge in [0, 0.05) is 30.2 Å². The zero-order valence-corrected chi connectivity index (χ0v) is 16.3. The van der Waals surface area contributed by atoms with E-state index in [0.29, 0.717) is 23.4 Å². The largest absolute Gasteiger partial charge is 0.388 e. The zero-order chi connectivity index (χ0) is 19.3. The summed E-state index contributed by atoms with van der Waals surface area (Å²) in [7, 11) is 2.01. The smallest absolute Gasteiger partial charge is 0.251 e. The predicted octanol–water partition coefficient (Wildman–Crippen LogP) is 1.67. The van der Waals surface area contributed by atoms with Crippen molar-refractivity contribution in [3.05, 3.63) is 34.9 Å². The number of rotatable bonds is 6. The number of carbonyl (C=O) groups is 2. The Morgan fingerprint density at radius 1 is 1.23 bits per heavy atom. The van der Waals surface area contributed by atoms with Crippen LogP contribution < -0.4 is 10.6 Å². The summed E-state index contributed by atoms with van der Waals surface area (Å²) in [6, 6.07) is 5.84. The van der Waals surface area contributed by atoms with Crippen molar-refractivity contribution in [2.75, 3.05) is 26.7 Å². The number of hydrogen-bond donors (Lipinski definition) is 3. The minimum atomic E-state index is -0.885. The maximum atomic E-state index is 12.6. The lowest BCUT2D eigenvalue weighted by Gasteiger charge is -2.37. The summed E-state index contributed by atoms with van der Waals surface area (Å²) in [6.07, 6.45) is 1.24. The van der Waals surface area contributed by atoms with Crippen LogP contribution in [0.15, 0.2) is 24.3 Å². The van der Waals surface area contributed by atoms with Crippen LogP contribution in [0, 0.1) is 5.92 Å². The van der Waals surface area contributed by atoms with Crippen molar-refractivity contribution in [1.82, 2.24) is 15.5 Å². The molecule has 0 unspecified atom stereocenters. The topological polar surface area (TPSA) is 81.7 Å². The van der Waals surface area contributed by atoms with Crippen molar-refractivity contribution in [2.24, 2.45) is 5.92 Å². The quantitative estimate of drug-likeness (QED) is 0.700. The van der Waals surface area contributed by atoms with Crippen LogP contribution in [-0.4, -0.2) is 60.1 Å². The molecule has 0 saturated carbocycles. The number of halogens is 1. The van der Waals surface area contributed by atoms with Gasteiger partial charge in [0.15, 0.2) is 0 Å². The van der Waals surface area contributed by atoms with Crippen LogP contribution in [-0.2, 0) is 4.79 Å². The van der Waals surface area contributed by atoms with Gasteiger partial charge in [0.2, 0.25) is 5.91 Å². The van der Waals surface area contributed by atoms with Gasteiger partial charge in [-0.05, 0) is 50.1 Å². The van der Waals surface area contributed by atoms with Gasteiger partial charge in [-0.3, -0.25) is 9.59 Å². The van der Waals surface area contributed by atoms with E-state index in [9.17, 15) is 14.7 Å². The van der Waals surface area contributed by atoms with E-state index in [4.69, 9.17) is 11.6 Å². The van der Waals surface area contributed by atoms with Crippen LogP contribution in [0.2, 0.25) is 5.02 Å². The third-order valence-electron chi connectivity index (χ3n) is 4.85. The Hall–Kier alpha value is -1.63. The van der Waals surface area contributed by atoms with Crippen LogP contribution in [0.4, 0.5) is 0 Å². The molecule has 0 bridgehead atoms. The van der Waals surface area contributed by atoms with Crippen LogP contribution in [0.25, 0.3) is 0 Å². The Bertz CT molecular complexity index is 625. The highest BCUT2D eigenvalue weighted by Crippen LogP contribution is 2.20. The molecule has 1 atom stereocenters. The average molecular weight is 382 g/mol. The molecule has 1 aliphatic heterocycles. The molecule has 0 aliphatic carbocycles. The molecule has 0 radical (unpaired) electrons. The summed E-state index contributed by atoms with van der Waals surface area (Å²) in [4.78, 5) is 27.1. The first-order valence-corrected chi connectivity index (χ1v) is 9.33. The van der Waals surface area contributed by atoms with Gasteiger partial charge in [-0.15, -0.1) is 0 Å². The zero-order valence-electron chi connectivity index (χ0n) is 15.6. The number of hydrogen-bond acceptors (Lipinski definition) is 4. The number of benzene rings is 1. The van der Waals surface area contributed by atoms with Gasteiger partial charge in [0.25, 0.3) is 5.91 Å². The van der Waals surface area contributed by atoms with Crippen LogP contribution >= 0.6 is 11.6 Å². The molecule has 0 aromatic heterocycles. The molecule has 0 spiro atoms. The number of likely N-dealkylation sites (tertiary alicyclic amines) is 1. The van der Waals surface area contributed by atoms with Crippen LogP contribution in [0.1, 0.15) is 37.0 Å². The molecule has 1 aromatic carbocycles. The predicted molar refractivity (Wildman–Crippen MR) is 102 cm³/mol. The van der Waals surface area contributed by atoms with Crippen LogP contribution in [0.5, 0.6) is 0 Å². The first kappa shape index (κ1) is 20.7. The molecule has 1 fully saturated rings. The lowest BCUT2D eigenvalue weighted by Crippen LogP contribution is -2.55. The summed E-state index contributed by atoms with van der Waals surface area (Å²) in [5.41, 5.74) is -0.439. The molecule has 2 rings (SSSR count). The third-order valence-corrected chi connectivity index (χ3v) is 5.10. The third kappa shape index (κ3) is 5.69. The van der Waals surface area contributed by atoms with Crippen molar-refractivity contribution in [3.8, 4) is 0 Å². The number of nitrogens with one attached hydrogen (secondary N) is 2. The second kappa shape index (κ2) is 8.84. The van der Waals surface area contributed by atoms with Gasteiger partial charge in [0.1, 0.15) is 6.04 Å². The standard InChI is InChI=1S/C19H28ClN3O3/c1-13(2)16(22-17(24)14-4-6-15(20)7-5-14)18(25)21-12-19(26)8-10-23(3)11-9-19/h4-7,13,16,26H,8-12H2,1-3H3,(H,21,25)(H,22,24)/t16-/m1/s1. The highest BCUT2D eigenvalue weighted by molar-refractivity contribution is 6.30. The highest BCUT2D eigenvalue weighted by atomic mass is 35.5. The molecule has 2 amide bonds. The Kier molecular flexibility index (Phi) is 7.03. The molecule has 144 valence electrons. The van der Waals surface area contributed by atoms with Gasteiger partial charge < -0.3 is 20.6 Å². The van der Waals surface area contributed by atoms with Gasteiger partial charge in [-0.1, -0.05) is 25.4 Å². The van der Waals surface area contributed by atoms with Gasteiger partial charge in [-0.25, -0.2) is 0 Å². The molecule has 1 aromatic rings. The van der Waals surface area contributed by atoms with E-state index in [1.54, 1.807) is 24.3 Å². The lowest BCUT2D eigenvalue weighted by atomic mass is 9.91. The first-order valence-electron chi connectivity index (χ1n) is 8.95. The highest BCUT2D eigenvalue weighted by Gasteiger charge is 2.33. The van der Waals surface area contributed by atoms with Crippen molar-refractivity contribution in [1.29, 1.82) is 0 Å². The molecule has 26 heavy (non-hydrogen) atoms. The fraction of sp³-hybridized carbons (Fsp3) is 0.579. The van der Waals surface area contributed by atoms with Gasteiger partial charge >= 0.3 is 0 Å². The Labute approximate surface area is 159 Å². The second-order valence-corrected chi connectivity index (χ2v) is 7.88. The van der Waals surface area contributed by atoms with Crippen molar-refractivity contribution < 1.29 is 14.7 Å². The molecular formula is C19H28ClN3O3. The summed E-state index contributed by atoms with van der Waals surface area (Å²) in [6.45, 7) is 5.54. The Morgan fingerprint density at radius 3 is 2.35 bits per heavy atom. The monoisotopic (exact) mass is 381 g/mol. The molecule has 1 aliphatic rings. The van der Waals surface area contributed by atoms with Gasteiger partial charge in [-0.2, -0.15) is 0 Å². The number of amides is 2. The van der Waals surface area contributed by atoms with E-state index in [-0.39, 0.29) is 24.3 Å². The Balaban J connectivity index is 1.94.